The fraction of sp³-hybridized carbons (Fsp3) is 1.00. The highest BCUT2D eigenvalue weighted by Crippen LogP contribution is 1.97. The Labute approximate surface area is 102 Å². The van der Waals surface area contributed by atoms with Crippen LogP contribution in [0.25, 0.3) is 0 Å². The Kier molecular flexibility index (Phi) is 12.1. The van der Waals surface area contributed by atoms with Gasteiger partial charge in [0.1, 0.15) is 12.2 Å². The number of hydrogen-bond acceptors (Lipinski definition) is 6. The summed E-state index contributed by atoms with van der Waals surface area (Å²) >= 11 is 0. The number of hydrogen-bond donors (Lipinski definition) is 3. The second-order valence-electron chi connectivity index (χ2n) is 3.60. The monoisotopic (exact) mass is 252 g/mol. The van der Waals surface area contributed by atoms with Gasteiger partial charge in [-0.25, -0.2) is 0 Å². The van der Waals surface area contributed by atoms with Crippen molar-refractivity contribution in [3.05, 3.63) is 0 Å². The molecule has 0 spiro atoms. The van der Waals surface area contributed by atoms with E-state index in [9.17, 15) is 0 Å². The van der Waals surface area contributed by atoms with Crippen LogP contribution in [-0.2, 0) is 14.2 Å². The van der Waals surface area contributed by atoms with E-state index in [1.165, 1.54) is 0 Å². The van der Waals surface area contributed by atoms with E-state index in [1.807, 2.05) is 6.92 Å². The molecular formula is C11H24O6. The molecule has 0 fully saturated rings. The molecule has 0 aromatic heterocycles. The summed E-state index contributed by atoms with van der Waals surface area (Å²) in [5.74, 6) is 0. The number of ether oxygens (including phenoxy) is 3. The van der Waals surface area contributed by atoms with Gasteiger partial charge in [-0.15, -0.1) is 0 Å². The zero-order chi connectivity index (χ0) is 12.9. The molecule has 6 nitrogen and oxygen atoms in total. The van der Waals surface area contributed by atoms with Gasteiger partial charge in [0.05, 0.1) is 26.4 Å². The average molecular weight is 252 g/mol. The molecule has 0 saturated carbocycles. The quantitative estimate of drug-likeness (QED) is 0.393. The Morgan fingerprint density at radius 2 is 1.76 bits per heavy atom. The van der Waals surface area contributed by atoms with E-state index in [4.69, 9.17) is 29.5 Å². The molecule has 0 aliphatic heterocycles. The van der Waals surface area contributed by atoms with Gasteiger partial charge in [0.15, 0.2) is 0 Å². The zero-order valence-corrected chi connectivity index (χ0v) is 10.4. The molecule has 0 aliphatic rings. The minimum absolute atomic E-state index is 0.0801. The van der Waals surface area contributed by atoms with Crippen LogP contribution in [0.4, 0.5) is 0 Å². The summed E-state index contributed by atoms with van der Waals surface area (Å²) in [5.41, 5.74) is 0. The van der Waals surface area contributed by atoms with Crippen molar-refractivity contribution >= 4 is 0 Å². The molecule has 3 N–H and O–H groups in total. The van der Waals surface area contributed by atoms with Crippen molar-refractivity contribution in [3.8, 4) is 0 Å². The Morgan fingerprint density at radius 1 is 1.06 bits per heavy atom. The fourth-order valence-corrected chi connectivity index (χ4v) is 1.15. The van der Waals surface area contributed by atoms with Crippen LogP contribution >= 0.6 is 0 Å². The lowest BCUT2D eigenvalue weighted by atomic mass is 10.4. The lowest BCUT2D eigenvalue weighted by Gasteiger charge is -2.18. The minimum Gasteiger partial charge on any atom is -0.396 e. The first-order valence-corrected chi connectivity index (χ1v) is 5.91. The molecule has 0 amide bonds. The second kappa shape index (κ2) is 12.2. The molecule has 0 bridgehead atoms. The van der Waals surface area contributed by atoms with Crippen molar-refractivity contribution in [1.29, 1.82) is 0 Å². The van der Waals surface area contributed by atoms with Gasteiger partial charge in [-0.2, -0.15) is 0 Å². The van der Waals surface area contributed by atoms with Gasteiger partial charge in [-0.3, -0.25) is 0 Å². The maximum Gasteiger partial charge on any atom is 0.104 e. The van der Waals surface area contributed by atoms with E-state index >= 15 is 0 Å². The molecule has 17 heavy (non-hydrogen) atoms. The Balaban J connectivity index is 3.59. The van der Waals surface area contributed by atoms with Crippen LogP contribution in [0.15, 0.2) is 0 Å². The largest absolute Gasteiger partial charge is 0.396 e. The fourth-order valence-electron chi connectivity index (χ4n) is 1.15. The molecule has 0 radical (unpaired) electrons. The van der Waals surface area contributed by atoms with Crippen LogP contribution in [0.1, 0.15) is 13.3 Å². The maximum atomic E-state index is 9.07. The van der Waals surface area contributed by atoms with E-state index in [0.717, 1.165) is 0 Å². The van der Waals surface area contributed by atoms with Gasteiger partial charge in [0.25, 0.3) is 0 Å². The smallest absolute Gasteiger partial charge is 0.104 e. The molecule has 0 aromatic carbocycles. The first-order valence-electron chi connectivity index (χ1n) is 5.91. The predicted octanol–water partition coefficient (Wildman–Crippen LogP) is -0.840. The summed E-state index contributed by atoms with van der Waals surface area (Å²) in [6.07, 6.45) is -0.444. The normalized spacial score (nSPS) is 14.8. The van der Waals surface area contributed by atoms with E-state index < -0.39 is 6.10 Å². The highest BCUT2D eigenvalue weighted by atomic mass is 16.6. The number of aliphatic hydroxyl groups excluding tert-OH is 3. The molecule has 6 heteroatoms. The van der Waals surface area contributed by atoms with Gasteiger partial charge in [-0.1, -0.05) is 0 Å². The zero-order valence-electron chi connectivity index (χ0n) is 10.4. The first-order chi connectivity index (χ1) is 8.24. The predicted molar refractivity (Wildman–Crippen MR) is 61.8 cm³/mol. The summed E-state index contributed by atoms with van der Waals surface area (Å²) in [5, 5.41) is 26.2. The van der Waals surface area contributed by atoms with Crippen molar-refractivity contribution in [2.45, 2.75) is 25.6 Å². The van der Waals surface area contributed by atoms with Gasteiger partial charge in [0, 0.05) is 19.8 Å². The molecule has 0 aliphatic carbocycles. The van der Waals surface area contributed by atoms with Crippen LogP contribution < -0.4 is 0 Å². The standard InChI is InChI=1S/C11H24O6/c1-2-17-11(8-15-5-3-4-12)9-16-7-10(14)6-13/h10-14H,2-9H2,1H3. The Morgan fingerprint density at radius 3 is 2.35 bits per heavy atom. The second-order valence-corrected chi connectivity index (χ2v) is 3.60. The minimum atomic E-state index is -0.854. The summed E-state index contributed by atoms with van der Waals surface area (Å²) in [4.78, 5) is 0. The highest BCUT2D eigenvalue weighted by molar-refractivity contribution is 4.57. The summed E-state index contributed by atoms with van der Waals surface area (Å²) in [6.45, 7) is 3.50. The third kappa shape index (κ3) is 10.6. The SMILES string of the molecule is CCOC(COCCCO)COCC(O)CO. The third-order valence-electron chi connectivity index (χ3n) is 1.98. The van der Waals surface area contributed by atoms with Crippen molar-refractivity contribution in [2.24, 2.45) is 0 Å². The molecule has 0 aromatic rings. The van der Waals surface area contributed by atoms with E-state index in [-0.39, 0.29) is 25.9 Å². The molecule has 2 atom stereocenters. The lowest BCUT2D eigenvalue weighted by Crippen LogP contribution is -2.29. The van der Waals surface area contributed by atoms with E-state index in [0.29, 0.717) is 32.8 Å². The molecule has 0 rings (SSSR count). The van der Waals surface area contributed by atoms with E-state index in [2.05, 4.69) is 0 Å². The number of aliphatic hydroxyl groups is 3. The Bertz CT molecular complexity index is 155. The van der Waals surface area contributed by atoms with Crippen LogP contribution in [0, 0.1) is 0 Å². The van der Waals surface area contributed by atoms with Crippen LogP contribution in [0.2, 0.25) is 0 Å². The van der Waals surface area contributed by atoms with Crippen LogP contribution in [0.5, 0.6) is 0 Å². The van der Waals surface area contributed by atoms with E-state index in [1.54, 1.807) is 0 Å². The molecule has 2 unspecified atom stereocenters. The summed E-state index contributed by atoms with van der Waals surface area (Å²) in [7, 11) is 0. The number of rotatable bonds is 12. The van der Waals surface area contributed by atoms with Gasteiger partial charge in [0.2, 0.25) is 0 Å². The van der Waals surface area contributed by atoms with Crippen molar-refractivity contribution in [2.75, 3.05) is 46.2 Å². The van der Waals surface area contributed by atoms with Gasteiger partial charge in [-0.05, 0) is 13.3 Å². The van der Waals surface area contributed by atoms with Crippen molar-refractivity contribution in [3.63, 3.8) is 0 Å². The van der Waals surface area contributed by atoms with Gasteiger partial charge < -0.3 is 29.5 Å². The highest BCUT2D eigenvalue weighted by Gasteiger charge is 2.10. The Hall–Kier alpha value is -0.240. The van der Waals surface area contributed by atoms with Crippen LogP contribution in [-0.4, -0.2) is 73.8 Å². The first kappa shape index (κ1) is 16.8. The molecule has 0 heterocycles. The molecule has 104 valence electrons. The average Bonchev–Trinajstić information content (AvgIpc) is 2.34. The maximum absolute atomic E-state index is 9.07. The van der Waals surface area contributed by atoms with Crippen molar-refractivity contribution in [1.82, 2.24) is 0 Å². The molecule has 0 saturated heterocycles. The summed E-state index contributed by atoms with van der Waals surface area (Å²) in [6, 6.07) is 0. The third-order valence-corrected chi connectivity index (χ3v) is 1.98. The summed E-state index contributed by atoms with van der Waals surface area (Å²) < 4.78 is 15.9. The molecular weight excluding hydrogens is 228 g/mol. The van der Waals surface area contributed by atoms with Crippen LogP contribution in [0.3, 0.4) is 0 Å². The topological polar surface area (TPSA) is 88.4 Å². The lowest BCUT2D eigenvalue weighted by molar-refractivity contribution is -0.0743. The van der Waals surface area contributed by atoms with Gasteiger partial charge >= 0.3 is 0 Å². The van der Waals surface area contributed by atoms with Crippen molar-refractivity contribution < 1.29 is 29.5 Å².